The van der Waals surface area contributed by atoms with Crippen LogP contribution in [0.25, 0.3) is 0 Å². The Kier molecular flexibility index (Phi) is 3.69. The Morgan fingerprint density at radius 1 is 1.56 bits per heavy atom. The highest BCUT2D eigenvalue weighted by atomic mass is 19.1. The van der Waals surface area contributed by atoms with E-state index in [1.807, 2.05) is 13.0 Å². The summed E-state index contributed by atoms with van der Waals surface area (Å²) in [5, 5.41) is 9.44. The highest BCUT2D eigenvalue weighted by Gasteiger charge is 2.44. The molecule has 1 fully saturated rings. The van der Waals surface area contributed by atoms with Crippen LogP contribution in [0.2, 0.25) is 0 Å². The van der Waals surface area contributed by atoms with Crippen molar-refractivity contribution in [2.45, 2.75) is 44.9 Å². The van der Waals surface area contributed by atoms with Crippen LogP contribution in [0.1, 0.15) is 50.5 Å². The van der Waals surface area contributed by atoms with E-state index >= 15 is 0 Å². The SMILES string of the molecule is CCCC1(C(=O)O)CCC(c2cccc(F)c2)C1. The van der Waals surface area contributed by atoms with Crippen LogP contribution in [0.3, 0.4) is 0 Å². The van der Waals surface area contributed by atoms with Gasteiger partial charge in [-0.05, 0) is 49.3 Å². The number of benzene rings is 1. The summed E-state index contributed by atoms with van der Waals surface area (Å²) in [6.07, 6.45) is 3.78. The van der Waals surface area contributed by atoms with Gasteiger partial charge in [0.2, 0.25) is 0 Å². The van der Waals surface area contributed by atoms with Crippen LogP contribution in [0, 0.1) is 11.2 Å². The average Bonchev–Trinajstić information content (AvgIpc) is 2.75. The molecule has 18 heavy (non-hydrogen) atoms. The lowest BCUT2D eigenvalue weighted by Crippen LogP contribution is -2.27. The molecule has 1 aliphatic rings. The van der Waals surface area contributed by atoms with Crippen molar-refractivity contribution in [3.05, 3.63) is 35.6 Å². The van der Waals surface area contributed by atoms with E-state index in [2.05, 4.69) is 0 Å². The van der Waals surface area contributed by atoms with Crippen LogP contribution in [0.5, 0.6) is 0 Å². The summed E-state index contributed by atoms with van der Waals surface area (Å²) >= 11 is 0. The lowest BCUT2D eigenvalue weighted by molar-refractivity contribution is -0.149. The molecule has 1 aromatic carbocycles. The smallest absolute Gasteiger partial charge is 0.309 e. The van der Waals surface area contributed by atoms with Gasteiger partial charge in [-0.25, -0.2) is 4.39 Å². The second-order valence-corrected chi connectivity index (χ2v) is 5.33. The van der Waals surface area contributed by atoms with E-state index < -0.39 is 11.4 Å². The van der Waals surface area contributed by atoms with Crippen LogP contribution < -0.4 is 0 Å². The molecule has 0 spiro atoms. The van der Waals surface area contributed by atoms with Crippen molar-refractivity contribution < 1.29 is 14.3 Å². The molecule has 1 aromatic rings. The number of aliphatic carboxylic acids is 1. The minimum absolute atomic E-state index is 0.184. The second kappa shape index (κ2) is 5.09. The van der Waals surface area contributed by atoms with Gasteiger partial charge >= 0.3 is 5.97 Å². The first-order valence-corrected chi connectivity index (χ1v) is 6.56. The second-order valence-electron chi connectivity index (χ2n) is 5.33. The third kappa shape index (κ3) is 2.40. The summed E-state index contributed by atoms with van der Waals surface area (Å²) in [6, 6.07) is 6.56. The van der Waals surface area contributed by atoms with Crippen molar-refractivity contribution in [1.29, 1.82) is 0 Å². The standard InChI is InChI=1S/C15H19FO2/c1-2-7-15(14(17)18)8-6-12(10-15)11-4-3-5-13(16)9-11/h3-5,9,12H,2,6-8,10H2,1H3,(H,17,18). The van der Waals surface area contributed by atoms with E-state index in [0.29, 0.717) is 19.3 Å². The zero-order chi connectivity index (χ0) is 13.2. The number of rotatable bonds is 4. The van der Waals surface area contributed by atoms with Gasteiger partial charge in [0.05, 0.1) is 5.41 Å². The van der Waals surface area contributed by atoms with E-state index in [1.165, 1.54) is 12.1 Å². The largest absolute Gasteiger partial charge is 0.481 e. The fourth-order valence-electron chi connectivity index (χ4n) is 3.18. The molecule has 2 nitrogen and oxygen atoms in total. The van der Waals surface area contributed by atoms with Gasteiger partial charge in [0.1, 0.15) is 5.82 Å². The quantitative estimate of drug-likeness (QED) is 0.878. The van der Waals surface area contributed by atoms with Gasteiger partial charge in [0.15, 0.2) is 0 Å². The van der Waals surface area contributed by atoms with Crippen molar-refractivity contribution in [2.75, 3.05) is 0 Å². The van der Waals surface area contributed by atoms with Crippen molar-refractivity contribution >= 4 is 5.97 Å². The fourth-order valence-corrected chi connectivity index (χ4v) is 3.18. The summed E-state index contributed by atoms with van der Waals surface area (Å²) in [5.41, 5.74) is 0.348. The maximum atomic E-state index is 13.2. The van der Waals surface area contributed by atoms with E-state index in [9.17, 15) is 14.3 Å². The number of carboxylic acids is 1. The van der Waals surface area contributed by atoms with E-state index in [0.717, 1.165) is 18.4 Å². The Morgan fingerprint density at radius 2 is 2.33 bits per heavy atom. The van der Waals surface area contributed by atoms with Crippen LogP contribution in [-0.4, -0.2) is 11.1 Å². The van der Waals surface area contributed by atoms with Gasteiger partial charge in [0, 0.05) is 0 Å². The molecule has 0 heterocycles. The number of halogens is 1. The fraction of sp³-hybridized carbons (Fsp3) is 0.533. The topological polar surface area (TPSA) is 37.3 Å². The van der Waals surface area contributed by atoms with Gasteiger partial charge < -0.3 is 5.11 Å². The minimum atomic E-state index is -0.691. The zero-order valence-corrected chi connectivity index (χ0v) is 10.7. The molecular formula is C15H19FO2. The zero-order valence-electron chi connectivity index (χ0n) is 10.7. The molecule has 0 saturated heterocycles. The summed E-state index contributed by atoms with van der Waals surface area (Å²) in [7, 11) is 0. The summed E-state index contributed by atoms with van der Waals surface area (Å²) in [5.74, 6) is -0.748. The van der Waals surface area contributed by atoms with Gasteiger partial charge in [-0.1, -0.05) is 25.5 Å². The van der Waals surface area contributed by atoms with Crippen LogP contribution in [0.4, 0.5) is 4.39 Å². The molecule has 2 rings (SSSR count). The highest BCUT2D eigenvalue weighted by molar-refractivity contribution is 5.75. The van der Waals surface area contributed by atoms with Gasteiger partial charge in [-0.3, -0.25) is 4.79 Å². The van der Waals surface area contributed by atoms with Crippen molar-refractivity contribution in [1.82, 2.24) is 0 Å². The van der Waals surface area contributed by atoms with Crippen LogP contribution >= 0.6 is 0 Å². The third-order valence-electron chi connectivity index (χ3n) is 4.11. The third-order valence-corrected chi connectivity index (χ3v) is 4.11. The molecule has 1 N–H and O–H groups in total. The molecule has 3 heteroatoms. The lowest BCUT2D eigenvalue weighted by atomic mass is 9.80. The molecule has 0 aromatic heterocycles. The Labute approximate surface area is 107 Å². The van der Waals surface area contributed by atoms with Crippen molar-refractivity contribution in [3.63, 3.8) is 0 Å². The number of hydrogen-bond acceptors (Lipinski definition) is 1. The first-order chi connectivity index (χ1) is 8.57. The molecule has 1 aliphatic carbocycles. The van der Waals surface area contributed by atoms with Crippen LogP contribution in [-0.2, 0) is 4.79 Å². The maximum absolute atomic E-state index is 13.2. The van der Waals surface area contributed by atoms with Gasteiger partial charge in [-0.2, -0.15) is 0 Å². The van der Waals surface area contributed by atoms with Gasteiger partial charge in [0.25, 0.3) is 0 Å². The van der Waals surface area contributed by atoms with Gasteiger partial charge in [-0.15, -0.1) is 0 Å². The number of carboxylic acid groups (broad SMARTS) is 1. The molecule has 0 amide bonds. The molecule has 2 atom stereocenters. The summed E-state index contributed by atoms with van der Waals surface area (Å²) in [6.45, 7) is 2.01. The van der Waals surface area contributed by atoms with Crippen LogP contribution in [0.15, 0.2) is 24.3 Å². The first kappa shape index (κ1) is 13.1. The van der Waals surface area contributed by atoms with Crippen molar-refractivity contribution in [2.24, 2.45) is 5.41 Å². The maximum Gasteiger partial charge on any atom is 0.309 e. The summed E-state index contributed by atoms with van der Waals surface area (Å²) < 4.78 is 13.2. The monoisotopic (exact) mass is 250 g/mol. The Morgan fingerprint density at radius 3 is 2.94 bits per heavy atom. The molecule has 1 saturated carbocycles. The predicted molar refractivity (Wildman–Crippen MR) is 68.0 cm³/mol. The molecule has 98 valence electrons. The predicted octanol–water partition coefficient (Wildman–Crippen LogP) is 3.96. The summed E-state index contributed by atoms with van der Waals surface area (Å²) in [4.78, 5) is 11.5. The van der Waals surface area contributed by atoms with E-state index in [4.69, 9.17) is 0 Å². The van der Waals surface area contributed by atoms with E-state index in [1.54, 1.807) is 6.07 Å². The van der Waals surface area contributed by atoms with Crippen molar-refractivity contribution in [3.8, 4) is 0 Å². The number of hydrogen-bond donors (Lipinski definition) is 1. The Bertz CT molecular complexity index is 444. The molecule has 0 aliphatic heterocycles. The molecular weight excluding hydrogens is 231 g/mol. The Hall–Kier alpha value is -1.38. The normalized spacial score (nSPS) is 27.3. The van der Waals surface area contributed by atoms with E-state index in [-0.39, 0.29) is 11.7 Å². The lowest BCUT2D eigenvalue weighted by Gasteiger charge is -2.23. The Balaban J connectivity index is 2.18. The molecule has 0 bridgehead atoms. The molecule has 0 radical (unpaired) electrons. The minimum Gasteiger partial charge on any atom is -0.481 e. The molecule has 2 unspecified atom stereocenters. The number of carbonyl (C=O) groups is 1. The average molecular weight is 250 g/mol. The highest BCUT2D eigenvalue weighted by Crippen LogP contribution is 2.49. The first-order valence-electron chi connectivity index (χ1n) is 6.56.